The van der Waals surface area contributed by atoms with Crippen molar-refractivity contribution in [2.45, 2.75) is 32.1 Å². The van der Waals surface area contributed by atoms with E-state index in [1.54, 1.807) is 0 Å². The van der Waals surface area contributed by atoms with Crippen LogP contribution in [0.5, 0.6) is 0 Å². The number of nitrogens with zero attached hydrogens (tertiary/aromatic N) is 4. The summed E-state index contributed by atoms with van der Waals surface area (Å²) in [5.41, 5.74) is 3.38. The van der Waals surface area contributed by atoms with E-state index < -0.39 is 0 Å². The summed E-state index contributed by atoms with van der Waals surface area (Å²) in [7, 11) is 1.76. The summed E-state index contributed by atoms with van der Waals surface area (Å²) in [6.07, 6.45) is 0.364. The number of rotatable bonds is 4. The Morgan fingerprint density at radius 2 is 2.04 bits per heavy atom. The molecule has 0 bridgehead atoms. The first-order chi connectivity index (χ1) is 13.0. The Morgan fingerprint density at radius 3 is 2.74 bits per heavy atom. The predicted molar refractivity (Wildman–Crippen MR) is 115 cm³/mol. The van der Waals surface area contributed by atoms with Gasteiger partial charge < -0.3 is 24.4 Å². The van der Waals surface area contributed by atoms with Crippen LogP contribution in [0.4, 0.5) is 5.13 Å². The van der Waals surface area contributed by atoms with E-state index in [9.17, 15) is 4.79 Å². The second-order valence-electron chi connectivity index (χ2n) is 6.82. The third kappa shape index (κ3) is 4.97. The minimum Gasteiger partial charge on any atom is -0.371 e. The number of hydrogen-bond acceptors (Lipinski definition) is 6. The molecule has 0 saturated carbocycles. The molecule has 0 radical (unpaired) electrons. The van der Waals surface area contributed by atoms with Gasteiger partial charge in [0.2, 0.25) is 5.91 Å². The van der Waals surface area contributed by atoms with Crippen molar-refractivity contribution in [1.29, 1.82) is 0 Å². The third-order valence-electron chi connectivity index (χ3n) is 4.91. The van der Waals surface area contributed by atoms with Gasteiger partial charge in [-0.1, -0.05) is 30.7 Å². The number of aryl methyl sites for hydroxylation is 1. The summed E-state index contributed by atoms with van der Waals surface area (Å²) in [4.78, 5) is 22.5. The second kappa shape index (κ2) is 8.99. The predicted octanol–water partition coefficient (Wildman–Crippen LogP) is 3.39. The number of benzene rings is 1. The lowest BCUT2D eigenvalue weighted by Gasteiger charge is -2.32. The smallest absolute Gasteiger partial charge is 0.228 e. The maximum atomic E-state index is 12.5. The van der Waals surface area contributed by atoms with Crippen LogP contribution in [0, 0.1) is 13.8 Å². The highest BCUT2D eigenvalue weighted by molar-refractivity contribution is 7.86. The third-order valence-corrected chi connectivity index (χ3v) is 7.52. The van der Waals surface area contributed by atoms with E-state index in [1.165, 1.54) is 27.4 Å². The topological polar surface area (TPSA) is 48.8 Å². The summed E-state index contributed by atoms with van der Waals surface area (Å²) in [5.74, 6) is 0.163. The number of thiazole rings is 1. The quantitative estimate of drug-likeness (QED) is 0.581. The molecule has 1 aromatic carbocycles. The Morgan fingerprint density at radius 1 is 1.30 bits per heavy atom. The second-order valence-corrected chi connectivity index (χ2v) is 9.38. The molecule has 1 saturated heterocycles. The maximum Gasteiger partial charge on any atom is 0.228 e. The van der Waals surface area contributed by atoms with Gasteiger partial charge in [-0.2, -0.15) is 5.37 Å². The van der Waals surface area contributed by atoms with Gasteiger partial charge in [-0.25, -0.2) is 4.98 Å². The van der Waals surface area contributed by atoms with E-state index in [2.05, 4.69) is 54.3 Å². The summed E-state index contributed by atoms with van der Waals surface area (Å²) < 4.78 is 4.85. The molecule has 1 aliphatic heterocycles. The van der Waals surface area contributed by atoms with E-state index in [4.69, 9.17) is 4.36 Å². The zero-order chi connectivity index (χ0) is 19.4. The molecule has 1 fully saturated rings. The van der Waals surface area contributed by atoms with Crippen LogP contribution < -0.4 is 0 Å². The van der Waals surface area contributed by atoms with Crippen LogP contribution in [-0.2, 0) is 21.5 Å². The summed E-state index contributed by atoms with van der Waals surface area (Å²) in [6.45, 7) is 9.80. The molecule has 1 aliphatic rings. The molecule has 0 unspecified atom stereocenters. The molecule has 2 heterocycles. The average molecular weight is 404 g/mol. The van der Waals surface area contributed by atoms with E-state index >= 15 is 0 Å². The van der Waals surface area contributed by atoms with Gasteiger partial charge >= 0.3 is 0 Å². The highest BCUT2D eigenvalue weighted by Gasteiger charge is 2.19. The number of amides is 1. The standard InChI is InChI=1S/C20H27N4OS2/c1-5-27(18-8-6-7-15(2)16(18)3)22-20-21-17(14-26-20)13-19(25)24-11-9-23(4)10-12-24/h5-8,14H,9-13H2,1-4H3/q-1. The molecule has 7 heteroatoms. The van der Waals surface area contributed by atoms with Crippen molar-refractivity contribution in [3.05, 3.63) is 40.4 Å². The van der Waals surface area contributed by atoms with Crippen LogP contribution in [-0.4, -0.2) is 59.3 Å². The van der Waals surface area contributed by atoms with Crippen LogP contribution in [0.2, 0.25) is 0 Å². The number of hydrogen-bond donors (Lipinski definition) is 0. The van der Waals surface area contributed by atoms with Crippen molar-refractivity contribution < 1.29 is 4.79 Å². The lowest BCUT2D eigenvalue weighted by Crippen LogP contribution is -2.47. The number of aromatic nitrogens is 1. The van der Waals surface area contributed by atoms with Crippen LogP contribution in [0.1, 0.15) is 23.7 Å². The van der Waals surface area contributed by atoms with Gasteiger partial charge in [-0.15, -0.1) is 16.2 Å². The van der Waals surface area contributed by atoms with Gasteiger partial charge in [0.15, 0.2) is 5.13 Å². The van der Waals surface area contributed by atoms with E-state index in [-0.39, 0.29) is 16.2 Å². The van der Waals surface area contributed by atoms with Crippen LogP contribution >= 0.6 is 11.3 Å². The molecule has 0 spiro atoms. The summed E-state index contributed by atoms with van der Waals surface area (Å²) >= 11 is 1.52. The molecule has 1 amide bonds. The first-order valence-corrected chi connectivity index (χ1v) is 11.3. The van der Waals surface area contributed by atoms with E-state index in [0.29, 0.717) is 6.42 Å². The number of piperazine rings is 1. The fraction of sp³-hybridized carbons (Fsp3) is 0.450. The zero-order valence-corrected chi connectivity index (χ0v) is 18.1. The van der Waals surface area contributed by atoms with Crippen molar-refractivity contribution in [3.8, 4) is 0 Å². The maximum absolute atomic E-state index is 12.5. The Labute approximate surface area is 167 Å². The van der Waals surface area contributed by atoms with Gasteiger partial charge in [-0.05, 0) is 26.5 Å². The van der Waals surface area contributed by atoms with Crippen molar-refractivity contribution in [3.63, 3.8) is 0 Å². The first kappa shape index (κ1) is 20.0. The number of carbonyl (C=O) groups is 1. The lowest BCUT2D eigenvalue weighted by atomic mass is 10.1. The molecular weight excluding hydrogens is 376 g/mol. The van der Waals surface area contributed by atoms with Gasteiger partial charge in [0.25, 0.3) is 0 Å². The molecule has 5 nitrogen and oxygen atoms in total. The largest absolute Gasteiger partial charge is 0.371 e. The molecule has 0 N–H and O–H groups in total. The van der Waals surface area contributed by atoms with E-state index in [1.807, 2.05) is 17.2 Å². The van der Waals surface area contributed by atoms with Crippen molar-refractivity contribution >= 4 is 38.0 Å². The molecule has 0 aliphatic carbocycles. The molecule has 0 atom stereocenters. The fourth-order valence-corrected chi connectivity index (χ4v) is 5.33. The Balaban J connectivity index is 1.74. The molecule has 2 aromatic rings. The Hall–Kier alpha value is -1.70. The number of carbonyl (C=O) groups excluding carboxylic acids is 1. The fourth-order valence-electron chi connectivity index (χ4n) is 3.01. The average Bonchev–Trinajstić information content (AvgIpc) is 3.09. The molecule has 1 aromatic heterocycles. The molecular formula is C20H27N4OS2-. The van der Waals surface area contributed by atoms with Gasteiger partial charge in [0.05, 0.1) is 12.1 Å². The minimum absolute atomic E-state index is 0.163. The Bertz CT molecular complexity index is 904. The van der Waals surface area contributed by atoms with Gasteiger partial charge in [0, 0.05) is 31.6 Å². The van der Waals surface area contributed by atoms with Crippen molar-refractivity contribution in [2.75, 3.05) is 33.2 Å². The summed E-state index contributed by atoms with van der Waals surface area (Å²) in [5, 5.41) is 4.84. The molecule has 3 rings (SSSR count). The van der Waals surface area contributed by atoms with Crippen LogP contribution in [0.25, 0.3) is 0 Å². The normalized spacial score (nSPS) is 16.8. The Kier molecular flexibility index (Phi) is 6.68. The summed E-state index contributed by atoms with van der Waals surface area (Å²) in [6, 6.07) is 6.35. The monoisotopic (exact) mass is 403 g/mol. The first-order valence-electron chi connectivity index (χ1n) is 9.19. The molecule has 146 valence electrons. The SMILES string of the molecule is CC=[S-](=Nc1nc(CC(=O)N2CCN(C)CC2)cs1)c1cccc(C)c1C. The van der Waals surface area contributed by atoms with Crippen molar-refractivity contribution in [1.82, 2.24) is 14.8 Å². The van der Waals surface area contributed by atoms with Crippen LogP contribution in [0.3, 0.4) is 0 Å². The zero-order valence-electron chi connectivity index (χ0n) is 16.4. The highest BCUT2D eigenvalue weighted by Crippen LogP contribution is 2.23. The van der Waals surface area contributed by atoms with Gasteiger partial charge in [-0.3, -0.25) is 4.79 Å². The van der Waals surface area contributed by atoms with E-state index in [0.717, 1.165) is 37.0 Å². The molecule has 27 heavy (non-hydrogen) atoms. The lowest BCUT2D eigenvalue weighted by molar-refractivity contribution is -0.132. The number of likely N-dealkylation sites (N-methyl/N-ethyl adjacent to an activating group) is 1. The van der Waals surface area contributed by atoms with Crippen LogP contribution in [0.15, 0.2) is 32.8 Å². The minimum atomic E-state index is -0.328. The van der Waals surface area contributed by atoms with Gasteiger partial charge in [0.1, 0.15) is 0 Å². The highest BCUT2D eigenvalue weighted by atomic mass is 32.2. The van der Waals surface area contributed by atoms with Crippen molar-refractivity contribution in [2.24, 2.45) is 4.36 Å².